The molecule has 0 radical (unpaired) electrons. The Labute approximate surface area is 195 Å². The van der Waals surface area contributed by atoms with Crippen LogP contribution in [0.15, 0.2) is 46.8 Å². The molecule has 0 unspecified atom stereocenters. The van der Waals surface area contributed by atoms with Gasteiger partial charge in [-0.05, 0) is 56.1 Å². The number of hydrogen-bond acceptors (Lipinski definition) is 10. The van der Waals surface area contributed by atoms with E-state index in [1.54, 1.807) is 18.2 Å². The van der Waals surface area contributed by atoms with Crippen molar-refractivity contribution in [1.82, 2.24) is 10.3 Å². The van der Waals surface area contributed by atoms with Crippen LogP contribution in [0.25, 0.3) is 0 Å². The van der Waals surface area contributed by atoms with E-state index in [2.05, 4.69) is 20.5 Å². The van der Waals surface area contributed by atoms with Gasteiger partial charge in [-0.15, -0.1) is 10.2 Å². The third-order valence-electron chi connectivity index (χ3n) is 3.81. The zero-order valence-corrected chi connectivity index (χ0v) is 19.2. The Morgan fingerprint density at radius 3 is 2.47 bits per heavy atom. The SMILES string of the molecule is O=[N+]([O-])c1ccc(N=Nc2ccc(CCCNCCCS(=O)(=O)[O-])cc2O)nc1.[Na+]. The van der Waals surface area contributed by atoms with Gasteiger partial charge in [0.2, 0.25) is 0 Å². The molecule has 156 valence electrons. The number of aromatic hydroxyl groups is 1. The van der Waals surface area contributed by atoms with Crippen LogP contribution in [0.4, 0.5) is 17.2 Å². The number of nitrogens with one attached hydrogen (secondary N) is 1. The van der Waals surface area contributed by atoms with Crippen molar-refractivity contribution in [2.24, 2.45) is 10.2 Å². The summed E-state index contributed by atoms with van der Waals surface area (Å²) in [6.07, 6.45) is 2.79. The molecular formula is C17H20N5NaO6S. The summed E-state index contributed by atoms with van der Waals surface area (Å²) in [5.41, 5.74) is 0.978. The van der Waals surface area contributed by atoms with Gasteiger partial charge < -0.3 is 15.0 Å². The van der Waals surface area contributed by atoms with Crippen LogP contribution in [0.2, 0.25) is 0 Å². The normalized spacial score (nSPS) is 11.4. The maximum Gasteiger partial charge on any atom is 1.00 e. The summed E-state index contributed by atoms with van der Waals surface area (Å²) in [4.78, 5) is 13.8. The van der Waals surface area contributed by atoms with Crippen LogP contribution in [-0.4, -0.2) is 46.8 Å². The van der Waals surface area contributed by atoms with Crippen LogP contribution < -0.4 is 34.9 Å². The average molecular weight is 445 g/mol. The van der Waals surface area contributed by atoms with Crippen molar-refractivity contribution < 1.29 is 52.6 Å². The molecule has 2 rings (SSSR count). The molecule has 30 heavy (non-hydrogen) atoms. The van der Waals surface area contributed by atoms with Crippen LogP contribution in [0.1, 0.15) is 18.4 Å². The molecule has 1 aromatic heterocycles. The fraction of sp³-hybridized carbons (Fsp3) is 0.353. The van der Waals surface area contributed by atoms with E-state index in [1.807, 2.05) is 0 Å². The number of benzene rings is 1. The zero-order valence-electron chi connectivity index (χ0n) is 16.4. The average Bonchev–Trinajstić information content (AvgIpc) is 2.66. The first-order valence-corrected chi connectivity index (χ1v) is 10.3. The molecule has 0 bridgehead atoms. The van der Waals surface area contributed by atoms with E-state index in [1.165, 1.54) is 12.1 Å². The molecule has 2 aromatic rings. The molecule has 0 atom stereocenters. The van der Waals surface area contributed by atoms with E-state index in [4.69, 9.17) is 0 Å². The molecule has 0 aliphatic heterocycles. The maximum absolute atomic E-state index is 10.6. The fourth-order valence-electron chi connectivity index (χ4n) is 2.38. The number of rotatable bonds is 11. The van der Waals surface area contributed by atoms with E-state index >= 15 is 0 Å². The number of aryl methyl sites for hydroxylation is 1. The Morgan fingerprint density at radius 2 is 1.87 bits per heavy atom. The van der Waals surface area contributed by atoms with E-state index in [0.29, 0.717) is 19.5 Å². The summed E-state index contributed by atoms with van der Waals surface area (Å²) in [5.74, 6) is -0.254. The van der Waals surface area contributed by atoms with Crippen molar-refractivity contribution in [3.8, 4) is 5.75 Å². The van der Waals surface area contributed by atoms with Gasteiger partial charge in [0, 0.05) is 11.8 Å². The molecule has 0 fully saturated rings. The van der Waals surface area contributed by atoms with Gasteiger partial charge in [0.25, 0.3) is 5.69 Å². The van der Waals surface area contributed by atoms with Crippen LogP contribution in [0.5, 0.6) is 5.75 Å². The van der Waals surface area contributed by atoms with Gasteiger partial charge in [0.05, 0.1) is 15.0 Å². The predicted molar refractivity (Wildman–Crippen MR) is 104 cm³/mol. The molecule has 2 N–H and O–H groups in total. The molecule has 0 amide bonds. The van der Waals surface area contributed by atoms with E-state index in [-0.39, 0.29) is 64.7 Å². The van der Waals surface area contributed by atoms with Crippen molar-refractivity contribution in [3.63, 3.8) is 0 Å². The first kappa shape index (κ1) is 26.1. The Kier molecular flexibility index (Phi) is 11.0. The predicted octanol–water partition coefficient (Wildman–Crippen LogP) is -0.428. The summed E-state index contributed by atoms with van der Waals surface area (Å²) in [6.45, 7) is 1.09. The number of phenolic OH excluding ortho intramolecular Hbond substituents is 1. The third-order valence-corrected chi connectivity index (χ3v) is 4.60. The summed E-state index contributed by atoms with van der Waals surface area (Å²) in [6, 6.07) is 7.58. The molecule has 0 saturated heterocycles. The topological polar surface area (TPSA) is 170 Å². The first-order chi connectivity index (χ1) is 13.7. The summed E-state index contributed by atoms with van der Waals surface area (Å²) in [7, 11) is -4.16. The minimum Gasteiger partial charge on any atom is -0.748 e. The largest absolute Gasteiger partial charge is 1.00 e. The molecule has 0 aliphatic rings. The van der Waals surface area contributed by atoms with Gasteiger partial charge in [0.15, 0.2) is 5.82 Å². The number of aromatic nitrogens is 1. The van der Waals surface area contributed by atoms with Crippen LogP contribution in [0, 0.1) is 10.1 Å². The molecular weight excluding hydrogens is 425 g/mol. The quantitative estimate of drug-likeness (QED) is 0.117. The Balaban J connectivity index is 0.00000450. The van der Waals surface area contributed by atoms with Gasteiger partial charge in [-0.1, -0.05) is 6.07 Å². The number of hydrogen-bond donors (Lipinski definition) is 2. The molecule has 0 aliphatic carbocycles. The second-order valence-electron chi connectivity index (χ2n) is 6.12. The van der Waals surface area contributed by atoms with Crippen LogP contribution >= 0.6 is 0 Å². The van der Waals surface area contributed by atoms with Crippen molar-refractivity contribution in [2.45, 2.75) is 19.3 Å². The van der Waals surface area contributed by atoms with Crippen LogP contribution in [0.3, 0.4) is 0 Å². The Hall–Kier alpha value is -1.96. The summed E-state index contributed by atoms with van der Waals surface area (Å²) in [5, 5.41) is 31.5. The first-order valence-electron chi connectivity index (χ1n) is 8.73. The number of pyridine rings is 1. The summed E-state index contributed by atoms with van der Waals surface area (Å²) >= 11 is 0. The minimum absolute atomic E-state index is 0. The number of phenols is 1. The van der Waals surface area contributed by atoms with Crippen molar-refractivity contribution >= 4 is 27.3 Å². The Bertz CT molecular complexity index is 969. The second-order valence-corrected chi connectivity index (χ2v) is 7.65. The number of azo groups is 1. The Morgan fingerprint density at radius 1 is 1.13 bits per heavy atom. The molecule has 0 saturated carbocycles. The molecule has 0 spiro atoms. The number of nitrogens with zero attached hydrogens (tertiary/aromatic N) is 4. The van der Waals surface area contributed by atoms with E-state index < -0.39 is 15.0 Å². The second kappa shape index (κ2) is 12.7. The van der Waals surface area contributed by atoms with Gasteiger partial charge in [-0.3, -0.25) is 10.1 Å². The van der Waals surface area contributed by atoms with Gasteiger partial charge in [-0.25, -0.2) is 13.4 Å². The molecule has 1 heterocycles. The van der Waals surface area contributed by atoms with E-state index in [0.717, 1.165) is 18.2 Å². The zero-order chi connectivity index (χ0) is 21.3. The number of nitro groups is 1. The monoisotopic (exact) mass is 445 g/mol. The van der Waals surface area contributed by atoms with Crippen molar-refractivity contribution in [3.05, 3.63) is 52.2 Å². The van der Waals surface area contributed by atoms with E-state index in [9.17, 15) is 28.2 Å². The van der Waals surface area contributed by atoms with Crippen LogP contribution in [-0.2, 0) is 16.5 Å². The fourth-order valence-corrected chi connectivity index (χ4v) is 2.87. The molecule has 11 nitrogen and oxygen atoms in total. The summed E-state index contributed by atoms with van der Waals surface area (Å²) < 4.78 is 31.4. The smallest absolute Gasteiger partial charge is 0.748 e. The van der Waals surface area contributed by atoms with Gasteiger partial charge in [-0.2, -0.15) is 0 Å². The van der Waals surface area contributed by atoms with Crippen molar-refractivity contribution in [1.29, 1.82) is 0 Å². The van der Waals surface area contributed by atoms with Gasteiger partial charge in [0.1, 0.15) is 17.6 Å². The minimum atomic E-state index is -4.16. The molecule has 13 heteroatoms. The standard InChI is InChI=1S/C17H21N5O6S.Na/c23-16-11-13(3-1-8-18-9-2-10-29(26,27)28)4-6-15(16)20-21-17-7-5-14(12-19-17)22(24)25;/h4-7,11-12,18,23H,1-3,8-10H2,(H,26,27,28);/q;+1/p-1. The molecule has 1 aromatic carbocycles. The van der Waals surface area contributed by atoms with Gasteiger partial charge >= 0.3 is 29.6 Å². The maximum atomic E-state index is 10.6. The van der Waals surface area contributed by atoms with Crippen molar-refractivity contribution in [2.75, 3.05) is 18.8 Å². The third kappa shape index (κ3) is 9.69.